The van der Waals surface area contributed by atoms with Gasteiger partial charge in [-0.2, -0.15) is 0 Å². The van der Waals surface area contributed by atoms with E-state index in [-0.39, 0.29) is 5.91 Å². The summed E-state index contributed by atoms with van der Waals surface area (Å²) in [7, 11) is 0. The van der Waals surface area contributed by atoms with Crippen molar-refractivity contribution in [2.24, 2.45) is 17.6 Å². The van der Waals surface area contributed by atoms with Gasteiger partial charge in [-0.3, -0.25) is 9.69 Å². The van der Waals surface area contributed by atoms with Crippen LogP contribution in [0.15, 0.2) is 24.3 Å². The van der Waals surface area contributed by atoms with Crippen molar-refractivity contribution in [3.8, 4) is 0 Å². The minimum Gasteiger partial charge on any atom is -0.330 e. The number of aryl methyl sites for hydroxylation is 1. The fraction of sp³-hybridized carbons (Fsp3) is 0.588. The summed E-state index contributed by atoms with van der Waals surface area (Å²) in [5, 5.41) is 3.01. The lowest BCUT2D eigenvalue weighted by Gasteiger charge is -2.37. The average Bonchev–Trinajstić information content (AvgIpc) is 2.49. The molecule has 1 amide bonds. The van der Waals surface area contributed by atoms with Crippen LogP contribution in [-0.4, -0.2) is 37.0 Å². The predicted molar refractivity (Wildman–Crippen MR) is 87.2 cm³/mol. The van der Waals surface area contributed by atoms with Gasteiger partial charge in [0.2, 0.25) is 5.91 Å². The van der Waals surface area contributed by atoms with E-state index in [4.69, 9.17) is 5.73 Å². The third-order valence-electron chi connectivity index (χ3n) is 4.59. The van der Waals surface area contributed by atoms with E-state index in [0.717, 1.165) is 43.7 Å². The molecule has 0 aliphatic carbocycles. The monoisotopic (exact) mass is 289 g/mol. The first-order valence-corrected chi connectivity index (χ1v) is 7.92. The standard InChI is InChI=1S/C17H27N3O/c1-3-14-11-20(9-8-15(14)10-18)12-17(21)19-16-7-5-4-6-13(16)2/h4-7,14-15H,3,8-12,18H2,1-2H3,(H,19,21). The topological polar surface area (TPSA) is 58.4 Å². The minimum absolute atomic E-state index is 0.0744. The Kier molecular flexibility index (Phi) is 5.76. The summed E-state index contributed by atoms with van der Waals surface area (Å²) in [6.07, 6.45) is 2.24. The lowest BCUT2D eigenvalue weighted by molar-refractivity contribution is -0.117. The molecule has 1 aliphatic heterocycles. The van der Waals surface area contributed by atoms with Crippen LogP contribution in [0, 0.1) is 18.8 Å². The van der Waals surface area contributed by atoms with E-state index in [0.29, 0.717) is 18.4 Å². The Hall–Kier alpha value is -1.39. The molecule has 4 nitrogen and oxygen atoms in total. The largest absolute Gasteiger partial charge is 0.330 e. The van der Waals surface area contributed by atoms with Gasteiger partial charge in [-0.25, -0.2) is 0 Å². The summed E-state index contributed by atoms with van der Waals surface area (Å²) >= 11 is 0. The van der Waals surface area contributed by atoms with Gasteiger partial charge in [0.1, 0.15) is 0 Å². The zero-order valence-electron chi connectivity index (χ0n) is 13.1. The third-order valence-corrected chi connectivity index (χ3v) is 4.59. The number of benzene rings is 1. The molecule has 116 valence electrons. The number of amides is 1. The molecule has 2 unspecified atom stereocenters. The van der Waals surface area contributed by atoms with Gasteiger partial charge in [0.05, 0.1) is 6.54 Å². The maximum Gasteiger partial charge on any atom is 0.238 e. The number of rotatable bonds is 5. The van der Waals surface area contributed by atoms with E-state index < -0.39 is 0 Å². The molecule has 1 aliphatic rings. The van der Waals surface area contributed by atoms with Crippen LogP contribution in [0.5, 0.6) is 0 Å². The van der Waals surface area contributed by atoms with E-state index in [2.05, 4.69) is 17.1 Å². The van der Waals surface area contributed by atoms with Crippen molar-refractivity contribution in [3.63, 3.8) is 0 Å². The normalized spacial score (nSPS) is 23.0. The van der Waals surface area contributed by atoms with Crippen LogP contribution in [0.1, 0.15) is 25.3 Å². The maximum atomic E-state index is 12.2. The molecule has 2 rings (SSSR count). The van der Waals surface area contributed by atoms with E-state index >= 15 is 0 Å². The van der Waals surface area contributed by atoms with Gasteiger partial charge in [-0.15, -0.1) is 0 Å². The summed E-state index contributed by atoms with van der Waals surface area (Å²) in [5.74, 6) is 1.31. The lowest BCUT2D eigenvalue weighted by atomic mass is 9.84. The number of para-hydroxylation sites is 1. The Bertz CT molecular complexity index is 475. The number of piperidine rings is 1. The van der Waals surface area contributed by atoms with E-state index in [1.165, 1.54) is 0 Å². The zero-order valence-corrected chi connectivity index (χ0v) is 13.1. The van der Waals surface area contributed by atoms with Gasteiger partial charge in [0.15, 0.2) is 0 Å². The number of nitrogens with one attached hydrogen (secondary N) is 1. The number of likely N-dealkylation sites (tertiary alicyclic amines) is 1. The first-order valence-electron chi connectivity index (χ1n) is 7.92. The van der Waals surface area contributed by atoms with Crippen LogP contribution in [0.2, 0.25) is 0 Å². The highest BCUT2D eigenvalue weighted by Gasteiger charge is 2.27. The smallest absolute Gasteiger partial charge is 0.238 e. The van der Waals surface area contributed by atoms with Crippen molar-refractivity contribution < 1.29 is 4.79 Å². The molecule has 21 heavy (non-hydrogen) atoms. The highest BCUT2D eigenvalue weighted by atomic mass is 16.2. The Morgan fingerprint density at radius 3 is 2.81 bits per heavy atom. The Morgan fingerprint density at radius 2 is 2.14 bits per heavy atom. The quantitative estimate of drug-likeness (QED) is 0.874. The second kappa shape index (κ2) is 7.57. The molecule has 1 saturated heterocycles. The number of nitrogens with two attached hydrogens (primary N) is 1. The van der Waals surface area contributed by atoms with Crippen molar-refractivity contribution >= 4 is 11.6 Å². The predicted octanol–water partition coefficient (Wildman–Crippen LogP) is 2.24. The summed E-state index contributed by atoms with van der Waals surface area (Å²) in [4.78, 5) is 14.5. The summed E-state index contributed by atoms with van der Waals surface area (Å²) in [5.41, 5.74) is 7.84. The van der Waals surface area contributed by atoms with Crippen LogP contribution in [0.4, 0.5) is 5.69 Å². The fourth-order valence-corrected chi connectivity index (χ4v) is 3.18. The van der Waals surface area contributed by atoms with Gasteiger partial charge in [-0.05, 0) is 49.9 Å². The average molecular weight is 289 g/mol. The molecule has 0 bridgehead atoms. The first kappa shape index (κ1) is 16.0. The van der Waals surface area contributed by atoms with E-state index in [9.17, 15) is 4.79 Å². The van der Waals surface area contributed by atoms with Crippen LogP contribution in [0.25, 0.3) is 0 Å². The molecule has 0 aromatic heterocycles. The molecule has 0 radical (unpaired) electrons. The molecule has 1 fully saturated rings. The first-order chi connectivity index (χ1) is 10.1. The Balaban J connectivity index is 1.87. The molecular formula is C17H27N3O. The molecule has 0 saturated carbocycles. The van der Waals surface area contributed by atoms with E-state index in [1.807, 2.05) is 31.2 Å². The Morgan fingerprint density at radius 1 is 1.38 bits per heavy atom. The highest BCUT2D eigenvalue weighted by molar-refractivity contribution is 5.92. The molecule has 1 aromatic rings. The number of hydrogen-bond acceptors (Lipinski definition) is 3. The van der Waals surface area contributed by atoms with Crippen molar-refractivity contribution in [3.05, 3.63) is 29.8 Å². The fourth-order valence-electron chi connectivity index (χ4n) is 3.18. The number of carbonyl (C=O) groups is 1. The van der Waals surface area contributed by atoms with Crippen LogP contribution >= 0.6 is 0 Å². The molecule has 4 heteroatoms. The zero-order chi connectivity index (χ0) is 15.2. The molecular weight excluding hydrogens is 262 g/mol. The van der Waals surface area contributed by atoms with Crippen molar-refractivity contribution in [1.29, 1.82) is 0 Å². The lowest BCUT2D eigenvalue weighted by Crippen LogP contribution is -2.45. The van der Waals surface area contributed by atoms with Gasteiger partial charge >= 0.3 is 0 Å². The molecule has 0 spiro atoms. The van der Waals surface area contributed by atoms with Crippen LogP contribution in [-0.2, 0) is 4.79 Å². The SMILES string of the molecule is CCC1CN(CC(=O)Nc2ccccc2C)CCC1CN. The second-order valence-electron chi connectivity index (χ2n) is 6.05. The van der Waals surface area contributed by atoms with Crippen molar-refractivity contribution in [2.45, 2.75) is 26.7 Å². The van der Waals surface area contributed by atoms with Gasteiger partial charge < -0.3 is 11.1 Å². The number of hydrogen-bond donors (Lipinski definition) is 2. The molecule has 2 atom stereocenters. The van der Waals surface area contributed by atoms with Gasteiger partial charge in [0, 0.05) is 12.2 Å². The van der Waals surface area contributed by atoms with Crippen molar-refractivity contribution in [1.82, 2.24) is 4.90 Å². The number of nitrogens with zero attached hydrogens (tertiary/aromatic N) is 1. The Labute approximate surface area is 127 Å². The molecule has 3 N–H and O–H groups in total. The van der Waals surface area contributed by atoms with Gasteiger partial charge in [-0.1, -0.05) is 31.5 Å². The highest BCUT2D eigenvalue weighted by Crippen LogP contribution is 2.25. The number of carbonyl (C=O) groups excluding carboxylic acids is 1. The van der Waals surface area contributed by atoms with Gasteiger partial charge in [0.25, 0.3) is 0 Å². The summed E-state index contributed by atoms with van der Waals surface area (Å²) < 4.78 is 0. The van der Waals surface area contributed by atoms with Crippen LogP contribution in [0.3, 0.4) is 0 Å². The van der Waals surface area contributed by atoms with Crippen LogP contribution < -0.4 is 11.1 Å². The summed E-state index contributed by atoms with van der Waals surface area (Å²) in [6, 6.07) is 7.88. The number of anilines is 1. The van der Waals surface area contributed by atoms with Crippen molar-refractivity contribution in [2.75, 3.05) is 31.5 Å². The third kappa shape index (κ3) is 4.29. The van der Waals surface area contributed by atoms with E-state index in [1.54, 1.807) is 0 Å². The minimum atomic E-state index is 0.0744. The summed E-state index contributed by atoms with van der Waals surface area (Å²) in [6.45, 7) is 7.42. The maximum absolute atomic E-state index is 12.2. The molecule has 1 heterocycles. The molecule has 1 aromatic carbocycles. The second-order valence-corrected chi connectivity index (χ2v) is 6.05.